The largest absolute Gasteiger partial charge is 0.479 e. The maximum Gasteiger partial charge on any atom is 0.330 e. The number of hydrogen-bond donors (Lipinski definition) is 0. The molecule has 2 heterocycles. The molecule has 0 saturated heterocycles. The SMILES string of the molecule is CCOC(=O)/C=C/c1cn2cncc2c(OC)n1. The standard InChI is InChI=1S/C12H13N3O3/c1-3-18-11(16)5-4-9-7-15-8-13-6-10(15)12(14-9)17-2/h4-8H,3H2,1-2H3/b5-4+. The molecule has 2 aromatic heterocycles. The van der Waals surface area contributed by atoms with Crippen LogP contribution in [0, 0.1) is 0 Å². The van der Waals surface area contributed by atoms with Crippen molar-refractivity contribution >= 4 is 17.6 Å². The van der Waals surface area contributed by atoms with Crippen molar-refractivity contribution in [2.75, 3.05) is 13.7 Å². The number of carbonyl (C=O) groups is 1. The highest BCUT2D eigenvalue weighted by atomic mass is 16.5. The number of esters is 1. The lowest BCUT2D eigenvalue weighted by Crippen LogP contribution is -1.99. The van der Waals surface area contributed by atoms with E-state index in [1.54, 1.807) is 36.1 Å². The molecule has 6 nitrogen and oxygen atoms in total. The molecule has 0 unspecified atom stereocenters. The van der Waals surface area contributed by atoms with Crippen LogP contribution in [-0.4, -0.2) is 34.1 Å². The summed E-state index contributed by atoms with van der Waals surface area (Å²) in [6, 6.07) is 0. The van der Waals surface area contributed by atoms with Gasteiger partial charge in [-0.05, 0) is 13.0 Å². The molecule has 18 heavy (non-hydrogen) atoms. The monoisotopic (exact) mass is 247 g/mol. The second-order valence-electron chi connectivity index (χ2n) is 3.45. The smallest absolute Gasteiger partial charge is 0.330 e. The Balaban J connectivity index is 2.31. The van der Waals surface area contributed by atoms with E-state index in [4.69, 9.17) is 9.47 Å². The van der Waals surface area contributed by atoms with Crippen LogP contribution in [0.2, 0.25) is 0 Å². The van der Waals surface area contributed by atoms with Crippen molar-refractivity contribution in [1.82, 2.24) is 14.4 Å². The summed E-state index contributed by atoms with van der Waals surface area (Å²) in [4.78, 5) is 19.4. The number of rotatable bonds is 4. The van der Waals surface area contributed by atoms with E-state index >= 15 is 0 Å². The van der Waals surface area contributed by atoms with Gasteiger partial charge in [0, 0.05) is 12.3 Å². The van der Waals surface area contributed by atoms with Gasteiger partial charge in [-0.1, -0.05) is 0 Å². The molecule has 2 rings (SSSR count). The molecule has 2 aromatic rings. The van der Waals surface area contributed by atoms with E-state index < -0.39 is 5.97 Å². The predicted octanol–water partition coefficient (Wildman–Crippen LogP) is 1.31. The molecule has 0 amide bonds. The number of imidazole rings is 1. The molecule has 0 aliphatic rings. The summed E-state index contributed by atoms with van der Waals surface area (Å²) in [5, 5.41) is 0. The van der Waals surface area contributed by atoms with Crippen molar-refractivity contribution in [1.29, 1.82) is 0 Å². The molecule has 6 heteroatoms. The lowest BCUT2D eigenvalue weighted by Gasteiger charge is -2.03. The van der Waals surface area contributed by atoms with Crippen LogP contribution in [0.5, 0.6) is 5.88 Å². The predicted molar refractivity (Wildman–Crippen MR) is 65.2 cm³/mol. The molecule has 0 N–H and O–H groups in total. The van der Waals surface area contributed by atoms with Crippen LogP contribution in [-0.2, 0) is 9.53 Å². The van der Waals surface area contributed by atoms with E-state index in [-0.39, 0.29) is 0 Å². The molecule has 0 aromatic carbocycles. The fraction of sp³-hybridized carbons (Fsp3) is 0.250. The number of methoxy groups -OCH3 is 1. The van der Waals surface area contributed by atoms with Gasteiger partial charge in [-0.3, -0.25) is 4.40 Å². The van der Waals surface area contributed by atoms with Crippen LogP contribution in [0.1, 0.15) is 12.6 Å². The first-order valence-electron chi connectivity index (χ1n) is 5.46. The Labute approximate surface area is 104 Å². The third kappa shape index (κ3) is 2.48. The van der Waals surface area contributed by atoms with E-state index in [9.17, 15) is 4.79 Å². The van der Waals surface area contributed by atoms with Crippen LogP contribution >= 0.6 is 0 Å². The first kappa shape index (κ1) is 12.1. The normalized spacial score (nSPS) is 11.0. The number of fused-ring (bicyclic) bond motifs is 1. The average molecular weight is 247 g/mol. The van der Waals surface area contributed by atoms with Crippen molar-refractivity contribution in [3.05, 3.63) is 30.5 Å². The molecule has 0 bridgehead atoms. The zero-order valence-corrected chi connectivity index (χ0v) is 10.2. The van der Waals surface area contributed by atoms with E-state index in [0.29, 0.717) is 18.2 Å². The zero-order chi connectivity index (χ0) is 13.0. The Hall–Kier alpha value is -2.37. The lowest BCUT2D eigenvalue weighted by molar-refractivity contribution is -0.137. The van der Waals surface area contributed by atoms with Gasteiger partial charge in [0.1, 0.15) is 5.52 Å². The topological polar surface area (TPSA) is 65.7 Å². The highest BCUT2D eigenvalue weighted by Gasteiger charge is 2.05. The van der Waals surface area contributed by atoms with Gasteiger partial charge in [-0.25, -0.2) is 14.8 Å². The summed E-state index contributed by atoms with van der Waals surface area (Å²) in [6.07, 6.45) is 7.94. The number of carbonyl (C=O) groups excluding carboxylic acids is 1. The highest BCUT2D eigenvalue weighted by molar-refractivity contribution is 5.86. The van der Waals surface area contributed by atoms with Crippen LogP contribution in [0.4, 0.5) is 0 Å². The minimum atomic E-state index is -0.399. The van der Waals surface area contributed by atoms with Gasteiger partial charge in [0.05, 0.1) is 31.9 Å². The summed E-state index contributed by atoms with van der Waals surface area (Å²) in [5.74, 6) is 0.0579. The van der Waals surface area contributed by atoms with Crippen molar-refractivity contribution in [3.63, 3.8) is 0 Å². The first-order valence-corrected chi connectivity index (χ1v) is 5.46. The van der Waals surface area contributed by atoms with Crippen LogP contribution in [0.3, 0.4) is 0 Å². The Morgan fingerprint density at radius 1 is 1.56 bits per heavy atom. The van der Waals surface area contributed by atoms with Crippen LogP contribution in [0.25, 0.3) is 11.6 Å². The molecule has 0 atom stereocenters. The third-order valence-electron chi connectivity index (χ3n) is 2.26. The molecule has 0 radical (unpaired) electrons. The van der Waals surface area contributed by atoms with Gasteiger partial charge in [0.15, 0.2) is 0 Å². The summed E-state index contributed by atoms with van der Waals surface area (Å²) >= 11 is 0. The minimum absolute atomic E-state index is 0.348. The Morgan fingerprint density at radius 2 is 2.39 bits per heavy atom. The first-order chi connectivity index (χ1) is 8.74. The van der Waals surface area contributed by atoms with Gasteiger partial charge in [-0.15, -0.1) is 0 Å². The molecular weight excluding hydrogens is 234 g/mol. The average Bonchev–Trinajstić information content (AvgIpc) is 2.83. The maximum atomic E-state index is 11.2. The summed E-state index contributed by atoms with van der Waals surface area (Å²) in [6.45, 7) is 2.10. The van der Waals surface area contributed by atoms with E-state index in [0.717, 1.165) is 5.52 Å². The van der Waals surface area contributed by atoms with E-state index in [1.165, 1.54) is 13.2 Å². The van der Waals surface area contributed by atoms with Crippen molar-refractivity contribution in [3.8, 4) is 5.88 Å². The quantitative estimate of drug-likeness (QED) is 0.602. The summed E-state index contributed by atoms with van der Waals surface area (Å²) in [7, 11) is 1.54. The van der Waals surface area contributed by atoms with Crippen LogP contribution < -0.4 is 4.74 Å². The Bertz CT molecular complexity index is 589. The molecule has 0 fully saturated rings. The lowest BCUT2D eigenvalue weighted by atomic mass is 10.3. The number of nitrogens with zero attached hydrogens (tertiary/aromatic N) is 3. The minimum Gasteiger partial charge on any atom is -0.479 e. The number of ether oxygens (including phenoxy) is 2. The molecule has 0 aliphatic heterocycles. The maximum absolute atomic E-state index is 11.2. The van der Waals surface area contributed by atoms with Crippen molar-refractivity contribution < 1.29 is 14.3 Å². The fourth-order valence-electron chi connectivity index (χ4n) is 1.49. The van der Waals surface area contributed by atoms with E-state index in [1.807, 2.05) is 0 Å². The molecule has 0 spiro atoms. The van der Waals surface area contributed by atoms with Crippen molar-refractivity contribution in [2.24, 2.45) is 0 Å². The highest BCUT2D eigenvalue weighted by Crippen LogP contribution is 2.17. The van der Waals surface area contributed by atoms with Gasteiger partial charge in [-0.2, -0.15) is 0 Å². The Kier molecular flexibility index (Phi) is 3.57. The van der Waals surface area contributed by atoms with Crippen LogP contribution in [0.15, 0.2) is 24.8 Å². The third-order valence-corrected chi connectivity index (χ3v) is 2.26. The molecular formula is C12H13N3O3. The summed E-state index contributed by atoms with van der Waals surface area (Å²) in [5.41, 5.74) is 1.36. The number of hydrogen-bond acceptors (Lipinski definition) is 5. The second-order valence-corrected chi connectivity index (χ2v) is 3.45. The van der Waals surface area contributed by atoms with Crippen molar-refractivity contribution in [2.45, 2.75) is 6.92 Å². The van der Waals surface area contributed by atoms with Gasteiger partial charge in [0.25, 0.3) is 0 Å². The molecule has 94 valence electrons. The second kappa shape index (κ2) is 5.31. The zero-order valence-electron chi connectivity index (χ0n) is 10.2. The van der Waals surface area contributed by atoms with Gasteiger partial charge >= 0.3 is 5.97 Å². The molecule has 0 saturated carbocycles. The van der Waals surface area contributed by atoms with Gasteiger partial charge < -0.3 is 9.47 Å². The van der Waals surface area contributed by atoms with E-state index in [2.05, 4.69) is 9.97 Å². The van der Waals surface area contributed by atoms with Gasteiger partial charge in [0.2, 0.25) is 5.88 Å². The number of aromatic nitrogens is 3. The Morgan fingerprint density at radius 3 is 3.11 bits per heavy atom. The fourth-order valence-corrected chi connectivity index (χ4v) is 1.49. The molecule has 0 aliphatic carbocycles. The summed E-state index contributed by atoms with van der Waals surface area (Å²) < 4.78 is 11.7.